The lowest BCUT2D eigenvalue weighted by Crippen LogP contribution is -2.40. The van der Waals surface area contributed by atoms with Crippen LogP contribution in [0.2, 0.25) is 0 Å². The number of benzene rings is 1. The molecule has 19 heavy (non-hydrogen) atoms. The minimum Gasteiger partial charge on any atom is -0.333 e. The topological polar surface area (TPSA) is 20.3 Å². The molecule has 0 N–H and O–H groups in total. The summed E-state index contributed by atoms with van der Waals surface area (Å²) >= 11 is 0. The summed E-state index contributed by atoms with van der Waals surface area (Å²) in [6.45, 7) is 0. The average molecular weight is 265 g/mol. The summed E-state index contributed by atoms with van der Waals surface area (Å²) in [5.74, 6) is -1.59. The van der Waals surface area contributed by atoms with Gasteiger partial charge in [-0.15, -0.1) is 0 Å². The molecule has 102 valence electrons. The molecule has 2 fully saturated rings. The quantitative estimate of drug-likeness (QED) is 0.819. The van der Waals surface area contributed by atoms with E-state index < -0.39 is 11.6 Å². The Labute approximate surface area is 111 Å². The average Bonchev–Trinajstić information content (AvgIpc) is 3.03. The fraction of sp³-hybridized carbons (Fsp3) is 0.533. The Bertz CT molecular complexity index is 473. The molecule has 1 aromatic carbocycles. The van der Waals surface area contributed by atoms with Gasteiger partial charge in [0.2, 0.25) is 0 Å². The second-order valence-corrected chi connectivity index (χ2v) is 5.54. The largest absolute Gasteiger partial charge is 0.333 e. The molecule has 2 aliphatic rings. The molecule has 0 spiro atoms. The predicted octanol–water partition coefficient (Wildman–Crippen LogP) is 3.51. The van der Waals surface area contributed by atoms with Crippen LogP contribution in [-0.4, -0.2) is 22.9 Å². The minimum atomic E-state index is -0.689. The Kier molecular flexibility index (Phi) is 3.25. The van der Waals surface area contributed by atoms with E-state index in [9.17, 15) is 13.6 Å². The van der Waals surface area contributed by atoms with Gasteiger partial charge in [-0.05, 0) is 37.8 Å². The van der Waals surface area contributed by atoms with Gasteiger partial charge >= 0.3 is 0 Å². The van der Waals surface area contributed by atoms with Gasteiger partial charge in [0.25, 0.3) is 5.91 Å². The number of carbonyl (C=O) groups is 1. The summed E-state index contributed by atoms with van der Waals surface area (Å²) in [4.78, 5) is 14.4. The van der Waals surface area contributed by atoms with E-state index in [2.05, 4.69) is 0 Å². The number of rotatable bonds is 3. The van der Waals surface area contributed by atoms with Crippen molar-refractivity contribution < 1.29 is 13.6 Å². The van der Waals surface area contributed by atoms with Crippen molar-refractivity contribution in [1.82, 2.24) is 4.90 Å². The van der Waals surface area contributed by atoms with Crippen LogP contribution in [0.15, 0.2) is 18.2 Å². The van der Waals surface area contributed by atoms with Crippen molar-refractivity contribution in [2.45, 2.75) is 50.6 Å². The van der Waals surface area contributed by atoms with Crippen LogP contribution in [0.4, 0.5) is 8.78 Å². The minimum absolute atomic E-state index is 0.135. The van der Waals surface area contributed by atoms with Crippen LogP contribution in [0.1, 0.15) is 48.9 Å². The lowest BCUT2D eigenvalue weighted by molar-refractivity contribution is 0.0663. The summed E-state index contributed by atoms with van der Waals surface area (Å²) in [5, 5.41) is 0. The predicted molar refractivity (Wildman–Crippen MR) is 67.8 cm³/mol. The molecule has 0 bridgehead atoms. The number of amides is 1. The highest BCUT2D eigenvalue weighted by molar-refractivity contribution is 5.94. The summed E-state index contributed by atoms with van der Waals surface area (Å²) in [6.07, 6.45) is 6.33. The zero-order valence-electron chi connectivity index (χ0n) is 10.7. The standard InChI is InChI=1S/C15H17F2NO/c16-11-7-10(8-12(17)9-11)15(19)18(14-5-6-14)13-3-1-2-4-13/h7-9,13-14H,1-6H2. The molecule has 0 radical (unpaired) electrons. The molecule has 0 heterocycles. The second kappa shape index (κ2) is 4.91. The third kappa shape index (κ3) is 2.62. The van der Waals surface area contributed by atoms with Gasteiger partial charge < -0.3 is 4.90 Å². The fourth-order valence-corrected chi connectivity index (χ4v) is 2.99. The lowest BCUT2D eigenvalue weighted by atomic mass is 10.1. The van der Waals surface area contributed by atoms with Crippen molar-refractivity contribution in [3.63, 3.8) is 0 Å². The molecule has 2 nitrogen and oxygen atoms in total. The maximum Gasteiger partial charge on any atom is 0.254 e. The molecule has 1 amide bonds. The van der Waals surface area contributed by atoms with Gasteiger partial charge in [-0.1, -0.05) is 12.8 Å². The van der Waals surface area contributed by atoms with Crippen molar-refractivity contribution in [2.75, 3.05) is 0 Å². The van der Waals surface area contributed by atoms with Gasteiger partial charge in [-0.25, -0.2) is 8.78 Å². The third-order valence-corrected chi connectivity index (χ3v) is 4.00. The Morgan fingerprint density at radius 1 is 0.947 bits per heavy atom. The van der Waals surface area contributed by atoms with Crippen LogP contribution in [-0.2, 0) is 0 Å². The van der Waals surface area contributed by atoms with Gasteiger partial charge in [0.05, 0.1) is 0 Å². The number of halogens is 2. The maximum atomic E-state index is 13.2. The molecule has 0 aliphatic heterocycles. The van der Waals surface area contributed by atoms with E-state index in [0.29, 0.717) is 0 Å². The zero-order valence-corrected chi connectivity index (χ0v) is 10.7. The van der Waals surface area contributed by atoms with Crippen molar-refractivity contribution in [1.29, 1.82) is 0 Å². The molecule has 2 aliphatic carbocycles. The van der Waals surface area contributed by atoms with Gasteiger partial charge in [0.15, 0.2) is 0 Å². The SMILES string of the molecule is O=C(c1cc(F)cc(F)c1)N(C1CCCC1)C1CC1. The molecule has 3 rings (SSSR count). The smallest absolute Gasteiger partial charge is 0.254 e. The van der Waals surface area contributed by atoms with E-state index in [-0.39, 0.29) is 23.6 Å². The molecule has 2 saturated carbocycles. The third-order valence-electron chi connectivity index (χ3n) is 4.00. The van der Waals surface area contributed by atoms with Gasteiger partial charge in [-0.3, -0.25) is 4.79 Å². The molecule has 0 unspecified atom stereocenters. The Morgan fingerprint density at radius 2 is 1.47 bits per heavy atom. The number of nitrogens with zero attached hydrogens (tertiary/aromatic N) is 1. The molecular weight excluding hydrogens is 248 g/mol. The molecule has 0 saturated heterocycles. The zero-order chi connectivity index (χ0) is 13.4. The van der Waals surface area contributed by atoms with Crippen LogP contribution in [0.5, 0.6) is 0 Å². The van der Waals surface area contributed by atoms with E-state index in [1.165, 1.54) is 0 Å². The molecule has 4 heteroatoms. The highest BCUT2D eigenvalue weighted by Crippen LogP contribution is 2.35. The van der Waals surface area contributed by atoms with Crippen molar-refractivity contribution in [2.24, 2.45) is 0 Å². The van der Waals surface area contributed by atoms with Gasteiger partial charge in [0.1, 0.15) is 11.6 Å². The van der Waals surface area contributed by atoms with E-state index in [0.717, 1.165) is 56.7 Å². The number of carbonyl (C=O) groups excluding carboxylic acids is 1. The Morgan fingerprint density at radius 3 is 2.00 bits per heavy atom. The van der Waals surface area contributed by atoms with Crippen LogP contribution in [0.25, 0.3) is 0 Å². The number of hydrogen-bond donors (Lipinski definition) is 0. The van der Waals surface area contributed by atoms with E-state index in [4.69, 9.17) is 0 Å². The molecular formula is C15H17F2NO. The van der Waals surface area contributed by atoms with E-state index in [1.807, 2.05) is 4.90 Å². The molecule has 0 aromatic heterocycles. The van der Waals surface area contributed by atoms with Crippen molar-refractivity contribution in [3.05, 3.63) is 35.4 Å². The van der Waals surface area contributed by atoms with Crippen LogP contribution < -0.4 is 0 Å². The first kappa shape index (κ1) is 12.6. The monoisotopic (exact) mass is 265 g/mol. The van der Waals surface area contributed by atoms with Crippen LogP contribution in [0.3, 0.4) is 0 Å². The summed E-state index contributed by atoms with van der Waals surface area (Å²) < 4.78 is 26.5. The van der Waals surface area contributed by atoms with E-state index in [1.54, 1.807) is 0 Å². The first-order chi connectivity index (χ1) is 9.15. The number of hydrogen-bond acceptors (Lipinski definition) is 1. The fourth-order valence-electron chi connectivity index (χ4n) is 2.99. The summed E-state index contributed by atoms with van der Waals surface area (Å²) in [5.41, 5.74) is 0.135. The molecule has 1 aromatic rings. The second-order valence-electron chi connectivity index (χ2n) is 5.54. The maximum absolute atomic E-state index is 13.2. The van der Waals surface area contributed by atoms with Crippen molar-refractivity contribution in [3.8, 4) is 0 Å². The normalized spacial score (nSPS) is 19.7. The van der Waals surface area contributed by atoms with Gasteiger partial charge in [-0.2, -0.15) is 0 Å². The lowest BCUT2D eigenvalue weighted by Gasteiger charge is -2.29. The first-order valence-electron chi connectivity index (χ1n) is 6.94. The summed E-state index contributed by atoms with van der Waals surface area (Å²) in [6, 6.07) is 3.60. The Balaban J connectivity index is 1.86. The Hall–Kier alpha value is -1.45. The van der Waals surface area contributed by atoms with Crippen LogP contribution in [0, 0.1) is 11.6 Å². The summed E-state index contributed by atoms with van der Waals surface area (Å²) in [7, 11) is 0. The van der Waals surface area contributed by atoms with Gasteiger partial charge in [0, 0.05) is 23.7 Å². The first-order valence-corrected chi connectivity index (χ1v) is 6.94. The highest BCUT2D eigenvalue weighted by atomic mass is 19.1. The van der Waals surface area contributed by atoms with Crippen molar-refractivity contribution >= 4 is 5.91 Å². The molecule has 0 atom stereocenters. The van der Waals surface area contributed by atoms with Crippen LogP contribution >= 0.6 is 0 Å². The highest BCUT2D eigenvalue weighted by Gasteiger charge is 2.38. The van der Waals surface area contributed by atoms with E-state index >= 15 is 0 Å².